The molecule has 0 radical (unpaired) electrons. The Hall–Kier alpha value is -1.06. The molecule has 2 rings (SSSR count). The summed E-state index contributed by atoms with van der Waals surface area (Å²) in [5.41, 5.74) is 3.60. The van der Waals surface area contributed by atoms with Crippen molar-refractivity contribution in [2.75, 3.05) is 5.48 Å². The zero-order valence-electron chi connectivity index (χ0n) is 8.91. The second-order valence-corrected chi connectivity index (χ2v) is 4.36. The predicted molar refractivity (Wildman–Crippen MR) is 63.4 cm³/mol. The molecule has 0 aromatic heterocycles. The minimum Gasteiger partial charge on any atom is -0.297 e. The van der Waals surface area contributed by atoms with Gasteiger partial charge in [0.1, 0.15) is 6.10 Å². The zero-order chi connectivity index (χ0) is 11.4. The summed E-state index contributed by atoms with van der Waals surface area (Å²) in [6.07, 6.45) is 3.18. The highest BCUT2D eigenvalue weighted by atomic mass is 35.5. The summed E-state index contributed by atoms with van der Waals surface area (Å²) in [7, 11) is 0. The zero-order valence-corrected chi connectivity index (χ0v) is 9.67. The minimum absolute atomic E-state index is 0.188. The van der Waals surface area contributed by atoms with Gasteiger partial charge in [-0.3, -0.25) is 15.1 Å². The number of hydrogen-bond donors (Lipinski definition) is 1. The molecule has 0 amide bonds. The van der Waals surface area contributed by atoms with Crippen LogP contribution in [0, 0.1) is 0 Å². The number of rotatable bonds is 3. The van der Waals surface area contributed by atoms with Crippen LogP contribution < -0.4 is 5.48 Å². The van der Waals surface area contributed by atoms with Gasteiger partial charge < -0.3 is 0 Å². The Kier molecular flexibility index (Phi) is 3.80. The Morgan fingerprint density at radius 3 is 2.69 bits per heavy atom. The lowest BCUT2D eigenvalue weighted by Crippen LogP contribution is -2.29. The van der Waals surface area contributed by atoms with Crippen LogP contribution in [0.25, 0.3) is 0 Å². The number of ketones is 1. The lowest BCUT2D eigenvalue weighted by atomic mass is 9.97. The molecule has 1 aliphatic rings. The van der Waals surface area contributed by atoms with E-state index in [0.717, 1.165) is 24.9 Å². The van der Waals surface area contributed by atoms with Crippen molar-refractivity contribution >= 4 is 23.1 Å². The summed E-state index contributed by atoms with van der Waals surface area (Å²) in [6, 6.07) is 7.18. The predicted octanol–water partition coefficient (Wildman–Crippen LogP) is 3.20. The van der Waals surface area contributed by atoms with E-state index in [4.69, 9.17) is 16.4 Å². The van der Waals surface area contributed by atoms with Gasteiger partial charge in [-0.25, -0.2) is 0 Å². The molecule has 0 spiro atoms. The van der Waals surface area contributed by atoms with Gasteiger partial charge in [-0.1, -0.05) is 11.6 Å². The molecular weight excluding hydrogens is 226 g/mol. The van der Waals surface area contributed by atoms with Gasteiger partial charge in [0, 0.05) is 11.4 Å². The van der Waals surface area contributed by atoms with Gasteiger partial charge >= 0.3 is 0 Å². The van der Waals surface area contributed by atoms with Crippen LogP contribution >= 0.6 is 11.6 Å². The average molecular weight is 240 g/mol. The number of anilines is 1. The Balaban J connectivity index is 1.86. The highest BCUT2D eigenvalue weighted by Crippen LogP contribution is 2.19. The number of carbonyl (C=O) groups is 1. The van der Waals surface area contributed by atoms with Crippen molar-refractivity contribution in [1.82, 2.24) is 0 Å². The first-order chi connectivity index (χ1) is 7.75. The summed E-state index contributed by atoms with van der Waals surface area (Å²) in [5.74, 6) is 0.188. The van der Waals surface area contributed by atoms with Crippen LogP contribution in [0.1, 0.15) is 25.7 Å². The molecule has 1 N–H and O–H groups in total. The molecule has 0 heterocycles. The Bertz CT molecular complexity index is 364. The van der Waals surface area contributed by atoms with Crippen LogP contribution in [0.2, 0.25) is 5.02 Å². The van der Waals surface area contributed by atoms with Gasteiger partial charge in [0.15, 0.2) is 5.78 Å². The Morgan fingerprint density at radius 2 is 2.00 bits per heavy atom. The quantitative estimate of drug-likeness (QED) is 0.824. The van der Waals surface area contributed by atoms with E-state index in [-0.39, 0.29) is 11.9 Å². The molecule has 0 saturated heterocycles. The topological polar surface area (TPSA) is 38.3 Å². The van der Waals surface area contributed by atoms with E-state index in [1.54, 1.807) is 12.1 Å². The number of hydrogen-bond acceptors (Lipinski definition) is 3. The number of halogens is 1. The molecule has 1 atom stereocenters. The number of benzene rings is 1. The van der Waals surface area contributed by atoms with Gasteiger partial charge in [0.2, 0.25) is 0 Å². The minimum atomic E-state index is -0.301. The van der Waals surface area contributed by atoms with Crippen LogP contribution in [-0.4, -0.2) is 11.9 Å². The Labute approximate surface area is 99.7 Å². The van der Waals surface area contributed by atoms with Crippen LogP contribution in [-0.2, 0) is 9.63 Å². The summed E-state index contributed by atoms with van der Waals surface area (Å²) in [6.45, 7) is 0. The fourth-order valence-corrected chi connectivity index (χ4v) is 1.86. The molecule has 1 fully saturated rings. The lowest BCUT2D eigenvalue weighted by Gasteiger charge is -2.20. The van der Waals surface area contributed by atoms with E-state index in [1.807, 2.05) is 12.1 Å². The van der Waals surface area contributed by atoms with Gasteiger partial charge in [-0.05, 0) is 43.5 Å². The summed E-state index contributed by atoms with van der Waals surface area (Å²) >= 11 is 5.76. The smallest absolute Gasteiger partial charge is 0.164 e. The third-order valence-electron chi connectivity index (χ3n) is 2.66. The highest BCUT2D eigenvalue weighted by Gasteiger charge is 2.23. The molecule has 1 saturated carbocycles. The lowest BCUT2D eigenvalue weighted by molar-refractivity contribution is -0.131. The SMILES string of the molecule is O=C1CCCCC1ONc1ccc(Cl)cc1. The fourth-order valence-electron chi connectivity index (χ4n) is 1.73. The second kappa shape index (κ2) is 5.32. The van der Waals surface area contributed by atoms with E-state index in [2.05, 4.69) is 5.48 Å². The molecule has 1 aliphatic carbocycles. The maximum absolute atomic E-state index is 11.5. The molecule has 0 bridgehead atoms. The van der Waals surface area contributed by atoms with Crippen molar-refractivity contribution < 1.29 is 9.63 Å². The molecule has 0 aliphatic heterocycles. The normalized spacial score (nSPS) is 20.8. The first-order valence-electron chi connectivity index (χ1n) is 5.45. The highest BCUT2D eigenvalue weighted by molar-refractivity contribution is 6.30. The molecule has 86 valence electrons. The van der Waals surface area contributed by atoms with Crippen molar-refractivity contribution in [3.05, 3.63) is 29.3 Å². The molecule has 3 nitrogen and oxygen atoms in total. The molecule has 1 unspecified atom stereocenters. The molecule has 1 aromatic rings. The van der Waals surface area contributed by atoms with Crippen molar-refractivity contribution in [2.45, 2.75) is 31.8 Å². The van der Waals surface area contributed by atoms with Crippen LogP contribution in [0.15, 0.2) is 24.3 Å². The summed E-state index contributed by atoms with van der Waals surface area (Å²) < 4.78 is 0. The number of nitrogens with one attached hydrogen (secondary N) is 1. The van der Waals surface area contributed by atoms with E-state index in [1.165, 1.54) is 0 Å². The van der Waals surface area contributed by atoms with E-state index >= 15 is 0 Å². The third kappa shape index (κ3) is 2.97. The Morgan fingerprint density at radius 1 is 1.25 bits per heavy atom. The van der Waals surface area contributed by atoms with Crippen molar-refractivity contribution in [3.63, 3.8) is 0 Å². The molecule has 4 heteroatoms. The van der Waals surface area contributed by atoms with E-state index < -0.39 is 0 Å². The molecular formula is C12H14ClNO2. The van der Waals surface area contributed by atoms with E-state index in [9.17, 15) is 4.79 Å². The summed E-state index contributed by atoms with van der Waals surface area (Å²) in [4.78, 5) is 16.9. The number of Topliss-reactive ketones (excluding diaryl/α,β-unsaturated/α-hetero) is 1. The van der Waals surface area contributed by atoms with Gasteiger partial charge in [0.05, 0.1) is 5.69 Å². The average Bonchev–Trinajstić information content (AvgIpc) is 2.30. The van der Waals surface area contributed by atoms with Crippen molar-refractivity contribution in [1.29, 1.82) is 0 Å². The van der Waals surface area contributed by atoms with Crippen LogP contribution in [0.3, 0.4) is 0 Å². The monoisotopic (exact) mass is 239 g/mol. The van der Waals surface area contributed by atoms with Gasteiger partial charge in [-0.2, -0.15) is 0 Å². The maximum Gasteiger partial charge on any atom is 0.164 e. The first kappa shape index (κ1) is 11.4. The standard InChI is InChI=1S/C12H14ClNO2/c13-9-5-7-10(8-6-9)14-16-12-4-2-1-3-11(12)15/h5-8,12,14H,1-4H2. The number of carbonyl (C=O) groups excluding carboxylic acids is 1. The van der Waals surface area contributed by atoms with Gasteiger partial charge in [0.25, 0.3) is 0 Å². The van der Waals surface area contributed by atoms with Crippen LogP contribution in [0.4, 0.5) is 5.69 Å². The molecule has 16 heavy (non-hydrogen) atoms. The van der Waals surface area contributed by atoms with Gasteiger partial charge in [-0.15, -0.1) is 0 Å². The maximum atomic E-state index is 11.5. The largest absolute Gasteiger partial charge is 0.297 e. The molecule has 1 aromatic carbocycles. The fraction of sp³-hybridized carbons (Fsp3) is 0.417. The van der Waals surface area contributed by atoms with Crippen molar-refractivity contribution in [3.8, 4) is 0 Å². The summed E-state index contributed by atoms with van der Waals surface area (Å²) in [5, 5.41) is 0.680. The van der Waals surface area contributed by atoms with E-state index in [0.29, 0.717) is 11.4 Å². The third-order valence-corrected chi connectivity index (χ3v) is 2.91. The first-order valence-corrected chi connectivity index (χ1v) is 5.83. The van der Waals surface area contributed by atoms with Crippen molar-refractivity contribution in [2.24, 2.45) is 0 Å². The second-order valence-electron chi connectivity index (χ2n) is 3.93. The van der Waals surface area contributed by atoms with Crippen LogP contribution in [0.5, 0.6) is 0 Å².